The molecule has 2 aliphatic carbocycles. The minimum atomic E-state index is -0.298. The Kier molecular flexibility index (Phi) is 5.42. The van der Waals surface area contributed by atoms with Crippen molar-refractivity contribution in [2.45, 2.75) is 19.0 Å². The number of amides is 1. The molecule has 2 aromatic heterocycles. The molecule has 4 atom stereocenters. The number of hydrogen-bond acceptors (Lipinski definition) is 7. The second-order valence-electron chi connectivity index (χ2n) is 7.86. The summed E-state index contributed by atoms with van der Waals surface area (Å²) in [6, 6.07) is -0.114. The lowest BCUT2D eigenvalue weighted by atomic mass is 9.88. The lowest BCUT2D eigenvalue weighted by Gasteiger charge is -2.27. The van der Waals surface area contributed by atoms with Gasteiger partial charge in [-0.3, -0.25) is 9.48 Å². The van der Waals surface area contributed by atoms with Gasteiger partial charge in [0, 0.05) is 18.8 Å². The summed E-state index contributed by atoms with van der Waals surface area (Å²) in [5.41, 5.74) is 6.43. The van der Waals surface area contributed by atoms with E-state index in [2.05, 4.69) is 42.8 Å². The van der Waals surface area contributed by atoms with Crippen molar-refractivity contribution in [2.75, 3.05) is 31.3 Å². The van der Waals surface area contributed by atoms with E-state index in [4.69, 9.17) is 17.3 Å². The number of carbonyl (C=O) groups excluding carboxylic acids is 1. The number of anilines is 3. The maximum atomic E-state index is 11.9. The highest BCUT2D eigenvalue weighted by molar-refractivity contribution is 6.32. The van der Waals surface area contributed by atoms with Crippen LogP contribution in [0.5, 0.6) is 0 Å². The van der Waals surface area contributed by atoms with Crippen molar-refractivity contribution in [3.8, 4) is 0 Å². The molecule has 0 aliphatic heterocycles. The molecule has 9 nitrogen and oxygen atoms in total. The maximum Gasteiger partial charge on any atom is 0.229 e. The van der Waals surface area contributed by atoms with E-state index in [0.717, 1.165) is 25.2 Å². The largest absolute Gasteiger partial charge is 0.369 e. The molecule has 2 bridgehead atoms. The Morgan fingerprint density at radius 2 is 2.14 bits per heavy atom. The van der Waals surface area contributed by atoms with Crippen molar-refractivity contribution in [2.24, 2.45) is 23.5 Å². The molecule has 2 aliphatic rings. The Hall–Kier alpha value is -2.65. The predicted molar refractivity (Wildman–Crippen MR) is 112 cm³/mol. The molecule has 29 heavy (non-hydrogen) atoms. The molecule has 2 aromatic rings. The van der Waals surface area contributed by atoms with Crippen LogP contribution in [0.3, 0.4) is 0 Å². The first kappa shape index (κ1) is 19.7. The fourth-order valence-corrected chi connectivity index (χ4v) is 4.22. The van der Waals surface area contributed by atoms with Gasteiger partial charge in [0.05, 0.1) is 30.5 Å². The van der Waals surface area contributed by atoms with E-state index < -0.39 is 0 Å². The fourth-order valence-electron chi connectivity index (χ4n) is 4.08. The molecule has 0 aromatic carbocycles. The Bertz CT molecular complexity index is 927. The third-order valence-corrected chi connectivity index (χ3v) is 5.78. The Morgan fingerprint density at radius 3 is 2.90 bits per heavy atom. The molecule has 4 rings (SSSR count). The standard InChI is InChI=1S/C19H25ClN8O/c1-27(2)5-6-28-10-13(8-23-28)24-19-22-9-14(20)18(26-19)25-16-12-4-3-11(7-12)15(16)17(21)29/h3-4,8-12,15-16H,5-7H2,1-2H3,(H2,21,29)(H2,22,24,25,26). The van der Waals surface area contributed by atoms with E-state index >= 15 is 0 Å². The van der Waals surface area contributed by atoms with E-state index in [9.17, 15) is 4.79 Å². The first-order valence-electron chi connectivity index (χ1n) is 9.61. The van der Waals surface area contributed by atoms with Gasteiger partial charge in [0.2, 0.25) is 11.9 Å². The molecular formula is C19H25ClN8O. The van der Waals surface area contributed by atoms with E-state index in [1.807, 2.05) is 25.0 Å². The highest BCUT2D eigenvalue weighted by Gasteiger charge is 2.47. The van der Waals surface area contributed by atoms with Crippen molar-refractivity contribution in [1.29, 1.82) is 0 Å². The van der Waals surface area contributed by atoms with E-state index in [0.29, 0.717) is 16.8 Å². The number of primary amides is 1. The zero-order chi connectivity index (χ0) is 20.5. The van der Waals surface area contributed by atoms with Gasteiger partial charge in [-0.05, 0) is 32.4 Å². The van der Waals surface area contributed by atoms with Crippen LogP contribution in [0.1, 0.15) is 6.42 Å². The minimum Gasteiger partial charge on any atom is -0.369 e. The zero-order valence-electron chi connectivity index (χ0n) is 16.4. The molecule has 1 saturated carbocycles. The van der Waals surface area contributed by atoms with Gasteiger partial charge in [0.1, 0.15) is 5.02 Å². The Balaban J connectivity index is 1.47. The number of nitrogens with two attached hydrogens (primary N) is 1. The average Bonchev–Trinajstić information content (AvgIpc) is 3.39. The van der Waals surface area contributed by atoms with Crippen LogP contribution in [0, 0.1) is 17.8 Å². The summed E-state index contributed by atoms with van der Waals surface area (Å²) in [5, 5.41) is 11.2. The smallest absolute Gasteiger partial charge is 0.229 e. The van der Waals surface area contributed by atoms with Crippen LogP contribution in [0.4, 0.5) is 17.5 Å². The number of fused-ring (bicyclic) bond motifs is 2. The summed E-state index contributed by atoms with van der Waals surface area (Å²) in [7, 11) is 4.04. The number of allylic oxidation sites excluding steroid dienone is 1. The summed E-state index contributed by atoms with van der Waals surface area (Å²) in [6.45, 7) is 1.68. The number of nitrogens with zero attached hydrogens (tertiary/aromatic N) is 5. The second-order valence-corrected chi connectivity index (χ2v) is 8.26. The molecular weight excluding hydrogens is 392 g/mol. The SMILES string of the molecule is CN(C)CCn1cc(Nc2ncc(Cl)c(NC3C4C=CC(C4)C3C(N)=O)n2)cn1. The molecule has 154 valence electrons. The second kappa shape index (κ2) is 8.00. The molecule has 0 radical (unpaired) electrons. The highest BCUT2D eigenvalue weighted by Crippen LogP contribution is 2.45. The number of likely N-dealkylation sites (N-methyl/N-ethyl adjacent to an activating group) is 1. The molecule has 0 saturated heterocycles. The van der Waals surface area contributed by atoms with Gasteiger partial charge in [-0.25, -0.2) is 4.98 Å². The summed E-state index contributed by atoms with van der Waals surface area (Å²) in [4.78, 5) is 22.8. The summed E-state index contributed by atoms with van der Waals surface area (Å²) >= 11 is 6.31. The number of nitrogens with one attached hydrogen (secondary N) is 2. The number of carbonyl (C=O) groups is 1. The highest BCUT2D eigenvalue weighted by atomic mass is 35.5. The number of halogens is 1. The first-order chi connectivity index (χ1) is 13.9. The molecule has 10 heteroatoms. The van der Waals surface area contributed by atoms with Crippen LogP contribution in [0.2, 0.25) is 5.02 Å². The third kappa shape index (κ3) is 4.20. The van der Waals surface area contributed by atoms with E-state index in [-0.39, 0.29) is 29.7 Å². The van der Waals surface area contributed by atoms with Crippen LogP contribution in [0.15, 0.2) is 30.7 Å². The molecule has 4 N–H and O–H groups in total. The minimum absolute atomic E-state index is 0.114. The maximum absolute atomic E-state index is 11.9. The third-order valence-electron chi connectivity index (χ3n) is 5.50. The van der Waals surface area contributed by atoms with Crippen LogP contribution in [0.25, 0.3) is 0 Å². The van der Waals surface area contributed by atoms with Gasteiger partial charge < -0.3 is 21.3 Å². The van der Waals surface area contributed by atoms with Crippen molar-refractivity contribution in [3.05, 3.63) is 35.8 Å². The van der Waals surface area contributed by atoms with Crippen LogP contribution in [-0.2, 0) is 11.3 Å². The topological polar surface area (TPSA) is 114 Å². The van der Waals surface area contributed by atoms with Crippen molar-refractivity contribution < 1.29 is 4.79 Å². The van der Waals surface area contributed by atoms with Gasteiger partial charge in [0.25, 0.3) is 0 Å². The van der Waals surface area contributed by atoms with Gasteiger partial charge in [0.15, 0.2) is 5.82 Å². The molecule has 0 spiro atoms. The first-order valence-corrected chi connectivity index (χ1v) is 9.99. The molecule has 1 fully saturated rings. The number of hydrogen-bond donors (Lipinski definition) is 3. The quantitative estimate of drug-likeness (QED) is 0.561. The lowest BCUT2D eigenvalue weighted by molar-refractivity contribution is -0.122. The van der Waals surface area contributed by atoms with Crippen molar-refractivity contribution in [1.82, 2.24) is 24.6 Å². The van der Waals surface area contributed by atoms with Gasteiger partial charge >= 0.3 is 0 Å². The number of rotatable bonds is 8. The summed E-state index contributed by atoms with van der Waals surface area (Å²) in [6.07, 6.45) is 10.3. The molecule has 1 amide bonds. The fraction of sp³-hybridized carbons (Fsp3) is 0.474. The van der Waals surface area contributed by atoms with Gasteiger partial charge in [-0.2, -0.15) is 10.1 Å². The monoisotopic (exact) mass is 416 g/mol. The van der Waals surface area contributed by atoms with Crippen LogP contribution >= 0.6 is 11.6 Å². The summed E-state index contributed by atoms with van der Waals surface area (Å²) < 4.78 is 1.86. The van der Waals surface area contributed by atoms with Gasteiger partial charge in [-0.15, -0.1) is 0 Å². The Morgan fingerprint density at radius 1 is 1.34 bits per heavy atom. The van der Waals surface area contributed by atoms with Crippen LogP contribution < -0.4 is 16.4 Å². The summed E-state index contributed by atoms with van der Waals surface area (Å²) in [5.74, 6) is 0.756. The van der Waals surface area contributed by atoms with Gasteiger partial charge in [-0.1, -0.05) is 23.8 Å². The lowest BCUT2D eigenvalue weighted by Crippen LogP contribution is -2.41. The average molecular weight is 417 g/mol. The van der Waals surface area contributed by atoms with Crippen molar-refractivity contribution >= 4 is 35.0 Å². The number of aromatic nitrogens is 4. The Labute approximate surface area is 174 Å². The van der Waals surface area contributed by atoms with Crippen LogP contribution in [-0.4, -0.2) is 57.2 Å². The molecule has 4 unspecified atom stereocenters. The zero-order valence-corrected chi connectivity index (χ0v) is 17.2. The predicted octanol–water partition coefficient (Wildman–Crippen LogP) is 1.72. The molecule has 2 heterocycles. The normalized spacial score (nSPS) is 25.0. The van der Waals surface area contributed by atoms with Crippen molar-refractivity contribution in [3.63, 3.8) is 0 Å². The van der Waals surface area contributed by atoms with E-state index in [1.165, 1.54) is 6.20 Å². The van der Waals surface area contributed by atoms with E-state index in [1.54, 1.807) is 6.20 Å².